The van der Waals surface area contributed by atoms with Gasteiger partial charge in [-0.05, 0) is 91.3 Å². The number of phenolic OH excluding ortho intramolecular Hbond substituents is 1. The van der Waals surface area contributed by atoms with Crippen molar-refractivity contribution < 1.29 is 161 Å². The maximum atomic E-state index is 14.6. The van der Waals surface area contributed by atoms with Crippen LogP contribution in [0.25, 0.3) is 10.8 Å². The molecule has 1 heterocycles. The van der Waals surface area contributed by atoms with Gasteiger partial charge in [-0.25, -0.2) is 25.3 Å². The molecule has 0 saturated heterocycles. The van der Waals surface area contributed by atoms with Gasteiger partial charge in [-0.15, -0.1) is 19.7 Å². The van der Waals surface area contributed by atoms with Crippen molar-refractivity contribution in [3.63, 3.8) is 0 Å². The molecular weight excluding hydrogens is 1060 g/mol. The second-order valence-corrected chi connectivity index (χ2v) is 19.9. The molecule has 25 nitrogen and oxygen atoms in total. The van der Waals surface area contributed by atoms with Crippen LogP contribution in [0.2, 0.25) is 0 Å². The summed E-state index contributed by atoms with van der Waals surface area (Å²) in [5.41, 5.74) is 5.61. The fraction of sp³-hybridized carbons (Fsp3) is 0.139. The predicted molar refractivity (Wildman–Crippen MR) is 230 cm³/mol. The van der Waals surface area contributed by atoms with Gasteiger partial charge in [0, 0.05) is 22.1 Å². The number of nitrogens with two attached hydrogens (primary N) is 1. The Bertz CT molecular complexity index is 3180. The molecule has 0 aliphatic carbocycles. The minimum Gasteiger partial charge on any atom is -0.744 e. The predicted octanol–water partition coefficient (Wildman–Crippen LogP) is -3.32. The Morgan fingerprint density at radius 3 is 1.91 bits per heavy atom. The first-order valence-corrected chi connectivity index (χ1v) is 24.6. The first-order valence-electron chi connectivity index (χ1n) is 18.4. The number of phenols is 1. The molecule has 0 spiro atoms. The molecule has 354 valence electrons. The first-order chi connectivity index (χ1) is 31.9. The van der Waals surface area contributed by atoms with Gasteiger partial charge in [0.05, 0.1) is 61.1 Å². The van der Waals surface area contributed by atoms with Crippen molar-refractivity contribution in [1.82, 2.24) is 15.0 Å². The smallest absolute Gasteiger partial charge is 0.744 e. The van der Waals surface area contributed by atoms with Crippen LogP contribution in [0.4, 0.5) is 56.1 Å². The number of hydrogen-bond donors (Lipinski definition) is 4. The van der Waals surface area contributed by atoms with Gasteiger partial charge in [-0.1, -0.05) is 6.92 Å². The fourth-order valence-corrected chi connectivity index (χ4v) is 9.54. The van der Waals surface area contributed by atoms with E-state index in [0.29, 0.717) is 12.1 Å². The van der Waals surface area contributed by atoms with E-state index >= 15 is 0 Å². The van der Waals surface area contributed by atoms with E-state index in [1.165, 1.54) is 66.7 Å². The molecule has 0 unspecified atom stereocenters. The van der Waals surface area contributed by atoms with Gasteiger partial charge in [0.25, 0.3) is 0 Å². The van der Waals surface area contributed by atoms with E-state index in [9.17, 15) is 49.8 Å². The number of fused-ring (bicyclic) bond motifs is 1. The summed E-state index contributed by atoms with van der Waals surface area (Å²) in [5.74, 6) is -1.88. The van der Waals surface area contributed by atoms with Crippen molar-refractivity contribution >= 4 is 117 Å². The van der Waals surface area contributed by atoms with Crippen LogP contribution in [0.1, 0.15) is 13.3 Å². The molecule has 0 amide bonds. The molecule has 0 atom stereocenters. The molecule has 70 heavy (non-hydrogen) atoms. The average molecular weight is 1090 g/mol. The van der Waals surface area contributed by atoms with Crippen molar-refractivity contribution in [3.8, 4) is 5.75 Å². The molecule has 0 fully saturated rings. The van der Waals surface area contributed by atoms with Crippen LogP contribution >= 0.6 is 24.4 Å². The van der Waals surface area contributed by atoms with Gasteiger partial charge < -0.3 is 36.5 Å². The van der Waals surface area contributed by atoms with E-state index < -0.39 is 69.6 Å². The Labute approximate surface area is 472 Å². The van der Waals surface area contributed by atoms with Crippen molar-refractivity contribution in [3.05, 3.63) is 91.0 Å². The third-order valence-electron chi connectivity index (χ3n) is 8.68. The second kappa shape index (κ2) is 27.8. The van der Waals surface area contributed by atoms with E-state index in [1.54, 1.807) is 6.92 Å². The van der Waals surface area contributed by atoms with E-state index in [4.69, 9.17) is 9.92 Å². The average Bonchev–Trinajstić information content (AvgIpc) is 3.27. The third-order valence-corrected chi connectivity index (χ3v) is 14.2. The Kier molecular flexibility index (Phi) is 24.3. The summed E-state index contributed by atoms with van der Waals surface area (Å²) in [5, 5.41) is 60.5. The van der Waals surface area contributed by atoms with E-state index in [0.717, 1.165) is 18.2 Å². The van der Waals surface area contributed by atoms with Gasteiger partial charge in [-0.2, -0.15) is 28.8 Å². The minimum atomic E-state index is -5.24. The SMILES string of the molecule is CCCS(=O)(=O)c1ccc(Nc2nc(F)nc(Nc3ccc(S(=O)(=O)[O-])c(N=Nc4c(SOO[O-])cc5c(N=Nc6ccc(S(=O)(=O)CCOSOO[O-])cc6)c(N)ccc5c4O)c3)n2)cc1.[Na+].[Na+].[Na+]. The summed E-state index contributed by atoms with van der Waals surface area (Å²) in [6.07, 6.45) is -0.837. The normalized spacial score (nSPS) is 11.8. The topological polar surface area (TPSA) is 376 Å². The number of nitrogens with zero attached hydrogens (tertiary/aromatic N) is 7. The van der Waals surface area contributed by atoms with Crippen molar-refractivity contribution in [2.24, 2.45) is 20.5 Å². The zero-order chi connectivity index (χ0) is 48.4. The fourth-order valence-electron chi connectivity index (χ4n) is 5.74. The number of nitrogens with one attached hydrogen (secondary N) is 2. The van der Waals surface area contributed by atoms with E-state index in [2.05, 4.69) is 64.8 Å². The standard InChI is InChI=1S/C36H33FN10O15S5.3Na/c1-2-16-65(51,52)23-8-3-20(4-9-23)39-35-41-34(37)42-36(43-35)40-22-7-14-30(67(55,56)57)28(18-22)45-47-32-29(63-61-59-49)19-26-25(33(32)48)12-13-27(38)31(26)46-44-21-5-10-24(11-6-21)66(53,54)17-15-58-64-62-60-50;;;/h3-14,18-19,48-50H,2,15-17,38H2,1H3,(H,55,56,57)(H2,39,40,41,42,43);;;/q;3*+1/p-3. The van der Waals surface area contributed by atoms with Crippen LogP contribution in [0.5, 0.6) is 5.75 Å². The van der Waals surface area contributed by atoms with Crippen molar-refractivity contribution in [2.45, 2.75) is 32.9 Å². The number of anilines is 5. The largest absolute Gasteiger partial charge is 1.00 e. The maximum Gasteiger partial charge on any atom is 1.00 e. The number of benzene rings is 5. The van der Waals surface area contributed by atoms with Crippen LogP contribution in [0, 0.1) is 6.08 Å². The van der Waals surface area contributed by atoms with E-state index in [1.807, 2.05) is 0 Å². The molecule has 5 aromatic carbocycles. The molecule has 0 saturated carbocycles. The molecule has 6 aromatic rings. The zero-order valence-corrected chi connectivity index (χ0v) is 46.8. The number of rotatable bonds is 22. The number of aromatic nitrogens is 3. The van der Waals surface area contributed by atoms with Crippen molar-refractivity contribution in [2.75, 3.05) is 34.5 Å². The van der Waals surface area contributed by atoms with Crippen LogP contribution in [0.3, 0.4) is 0 Å². The Morgan fingerprint density at radius 1 is 0.714 bits per heavy atom. The molecule has 1 aromatic heterocycles. The van der Waals surface area contributed by atoms with Crippen LogP contribution in [-0.2, 0) is 52.7 Å². The van der Waals surface area contributed by atoms with Gasteiger partial charge in [0.2, 0.25) is 11.9 Å². The molecule has 0 aliphatic heterocycles. The Hall–Kier alpha value is -3.07. The molecule has 0 radical (unpaired) electrons. The number of nitrogen functional groups attached to an aromatic ring is 1. The van der Waals surface area contributed by atoms with Gasteiger partial charge >= 0.3 is 94.8 Å². The summed E-state index contributed by atoms with van der Waals surface area (Å²) < 4.78 is 115. The van der Waals surface area contributed by atoms with Crippen LogP contribution in [-0.4, -0.2) is 68.0 Å². The number of halogens is 1. The summed E-state index contributed by atoms with van der Waals surface area (Å²) in [6.45, 7) is 1.39. The molecule has 0 bridgehead atoms. The summed E-state index contributed by atoms with van der Waals surface area (Å²) in [4.78, 5) is 10.2. The van der Waals surface area contributed by atoms with Crippen LogP contribution < -0.4 is 116 Å². The summed E-state index contributed by atoms with van der Waals surface area (Å²) in [6, 6.07) is 17.7. The quantitative estimate of drug-likeness (QED) is 0.00755. The Morgan fingerprint density at radius 2 is 1.30 bits per heavy atom. The first kappa shape index (κ1) is 61.2. The van der Waals surface area contributed by atoms with Gasteiger partial charge in [-0.3, -0.25) is 14.3 Å². The van der Waals surface area contributed by atoms with E-state index in [-0.39, 0.29) is 180 Å². The summed E-state index contributed by atoms with van der Waals surface area (Å²) >= 11 is 0.397. The monoisotopic (exact) mass is 1090 g/mol. The van der Waals surface area contributed by atoms with Crippen molar-refractivity contribution in [1.29, 1.82) is 0 Å². The Balaban J connectivity index is 0.00000432. The van der Waals surface area contributed by atoms with Gasteiger partial charge in [0.15, 0.2) is 37.7 Å². The van der Waals surface area contributed by atoms with Crippen LogP contribution in [0.15, 0.2) is 125 Å². The van der Waals surface area contributed by atoms with Gasteiger partial charge in [0.1, 0.15) is 27.2 Å². The maximum absolute atomic E-state index is 14.6. The molecule has 6 rings (SSSR count). The number of sulfone groups is 2. The third kappa shape index (κ3) is 16.5. The zero-order valence-electron chi connectivity index (χ0n) is 36.7. The summed E-state index contributed by atoms with van der Waals surface area (Å²) in [7, 11) is -12.6. The number of hydrogen-bond acceptors (Lipinski definition) is 27. The molecular formula is C36H30FN10Na3O15S5. The minimum absolute atomic E-state index is 0. The second-order valence-electron chi connectivity index (χ2n) is 13.1. The molecule has 34 heteroatoms. The number of aromatic hydroxyl groups is 1. The molecule has 0 aliphatic rings. The number of azo groups is 2. The molecule has 5 N–H and O–H groups in total.